The van der Waals surface area contributed by atoms with E-state index in [1.807, 2.05) is 0 Å². The number of nitrogens with one attached hydrogen (secondary N) is 1. The number of hydrogen-bond donors (Lipinski definition) is 3. The summed E-state index contributed by atoms with van der Waals surface area (Å²) in [4.78, 5) is 11.6. The molecule has 1 aromatic heterocycles. The highest BCUT2D eigenvalue weighted by Crippen LogP contribution is 2.23. The van der Waals surface area contributed by atoms with Crippen molar-refractivity contribution in [3.05, 3.63) is 12.1 Å². The lowest BCUT2D eigenvalue weighted by atomic mass is 10.0. The Bertz CT molecular complexity index is 407. The zero-order chi connectivity index (χ0) is 12.4. The van der Waals surface area contributed by atoms with Gasteiger partial charge in [0, 0.05) is 13.1 Å². The molecule has 6 nitrogen and oxygen atoms in total. The quantitative estimate of drug-likeness (QED) is 0.644. The van der Waals surface area contributed by atoms with E-state index in [4.69, 9.17) is 17.5 Å². The van der Waals surface area contributed by atoms with E-state index in [0.717, 1.165) is 0 Å². The molecule has 1 aromatic rings. The molecular formula is C9H13ClFN5O. The van der Waals surface area contributed by atoms with Gasteiger partial charge in [-0.2, -0.15) is 4.39 Å². The number of aliphatic hydroxyl groups is 1. The van der Waals surface area contributed by atoms with Gasteiger partial charge >= 0.3 is 0 Å². The molecule has 17 heavy (non-hydrogen) atoms. The molecule has 1 aliphatic rings. The molecule has 1 fully saturated rings. The topological polar surface area (TPSA) is 87.3 Å². The minimum atomic E-state index is -0.641. The summed E-state index contributed by atoms with van der Waals surface area (Å²) in [7, 11) is 0. The van der Waals surface area contributed by atoms with Crippen molar-refractivity contribution < 1.29 is 9.50 Å². The first-order chi connectivity index (χ1) is 8.13. The molecule has 4 N–H and O–H groups in total. The van der Waals surface area contributed by atoms with E-state index in [9.17, 15) is 9.50 Å². The first kappa shape index (κ1) is 12.3. The predicted octanol–water partition coefficient (Wildman–Crippen LogP) is -0.119. The second-order valence-corrected chi connectivity index (χ2v) is 4.13. The third kappa shape index (κ3) is 2.41. The summed E-state index contributed by atoms with van der Waals surface area (Å²) in [5, 5.41) is 9.63. The van der Waals surface area contributed by atoms with E-state index >= 15 is 0 Å². The number of halogens is 2. The number of anilines is 2. The summed E-state index contributed by atoms with van der Waals surface area (Å²) < 4.78 is 13.7. The zero-order valence-electron chi connectivity index (χ0n) is 8.98. The van der Waals surface area contributed by atoms with Gasteiger partial charge in [0.25, 0.3) is 0 Å². The minimum Gasteiger partial charge on any atom is -0.391 e. The largest absolute Gasteiger partial charge is 0.391 e. The molecule has 0 saturated carbocycles. The number of piperidine rings is 1. The summed E-state index contributed by atoms with van der Waals surface area (Å²) >= 11 is 5.51. The Labute approximate surface area is 103 Å². The van der Waals surface area contributed by atoms with Crippen molar-refractivity contribution >= 4 is 23.4 Å². The van der Waals surface area contributed by atoms with Crippen molar-refractivity contribution in [3.8, 4) is 0 Å². The molecule has 1 aliphatic heterocycles. The summed E-state index contributed by atoms with van der Waals surface area (Å²) in [6.45, 7) is 0.849. The number of nitrogen functional groups attached to an aromatic ring is 1. The second kappa shape index (κ2) is 4.99. The van der Waals surface area contributed by atoms with Crippen LogP contribution in [0.2, 0.25) is 0 Å². The highest BCUT2D eigenvalue weighted by atomic mass is 35.5. The standard InChI is InChI=1S/C9H13ClFN5O/c10-15-5-3-16(2-1-6(5)17)9-7(11)8(12)13-4-14-9/h4-6,15,17H,1-3H2,(H2,12,13,14). The number of nitrogens with zero attached hydrogens (tertiary/aromatic N) is 3. The second-order valence-electron chi connectivity index (χ2n) is 3.91. The first-order valence-electron chi connectivity index (χ1n) is 5.18. The predicted molar refractivity (Wildman–Crippen MR) is 62.0 cm³/mol. The lowest BCUT2D eigenvalue weighted by molar-refractivity contribution is 0.118. The number of aromatic nitrogens is 2. The average Bonchev–Trinajstić information content (AvgIpc) is 2.34. The molecule has 2 heterocycles. The summed E-state index contributed by atoms with van der Waals surface area (Å²) in [5.74, 6) is -0.685. The number of hydrogen-bond acceptors (Lipinski definition) is 6. The van der Waals surface area contributed by atoms with Crippen LogP contribution >= 0.6 is 11.8 Å². The fraction of sp³-hybridized carbons (Fsp3) is 0.556. The minimum absolute atomic E-state index is 0.140. The molecule has 94 valence electrons. The maximum absolute atomic E-state index is 13.7. The SMILES string of the molecule is Nc1ncnc(N2CCC(O)C(NCl)C2)c1F. The molecule has 0 radical (unpaired) electrons. The van der Waals surface area contributed by atoms with Crippen LogP contribution in [-0.2, 0) is 0 Å². The third-order valence-corrected chi connectivity index (χ3v) is 3.09. The van der Waals surface area contributed by atoms with Gasteiger partial charge in [0.1, 0.15) is 6.33 Å². The van der Waals surface area contributed by atoms with Crippen molar-refractivity contribution in [1.82, 2.24) is 14.8 Å². The van der Waals surface area contributed by atoms with Crippen LogP contribution in [0.4, 0.5) is 16.0 Å². The van der Waals surface area contributed by atoms with Gasteiger partial charge in [0.15, 0.2) is 11.6 Å². The van der Waals surface area contributed by atoms with E-state index in [2.05, 4.69) is 14.8 Å². The van der Waals surface area contributed by atoms with E-state index in [1.165, 1.54) is 6.33 Å². The van der Waals surface area contributed by atoms with Gasteiger partial charge in [-0.05, 0) is 18.2 Å². The Hall–Kier alpha value is -1.18. The van der Waals surface area contributed by atoms with Crippen LogP contribution in [0.3, 0.4) is 0 Å². The third-order valence-electron chi connectivity index (χ3n) is 2.81. The van der Waals surface area contributed by atoms with Crippen molar-refractivity contribution in [2.24, 2.45) is 0 Å². The summed E-state index contributed by atoms with van der Waals surface area (Å²) in [6, 6.07) is -0.332. The van der Waals surface area contributed by atoms with Gasteiger partial charge < -0.3 is 15.7 Å². The molecule has 1 saturated heterocycles. The highest BCUT2D eigenvalue weighted by Gasteiger charge is 2.29. The highest BCUT2D eigenvalue weighted by molar-refractivity contribution is 6.13. The molecule has 0 aliphatic carbocycles. The number of aliphatic hydroxyl groups excluding tert-OH is 1. The molecule has 2 atom stereocenters. The summed E-state index contributed by atoms with van der Waals surface area (Å²) in [5.41, 5.74) is 5.38. The average molecular weight is 262 g/mol. The van der Waals surface area contributed by atoms with Gasteiger partial charge in [-0.25, -0.2) is 14.8 Å². The van der Waals surface area contributed by atoms with E-state index in [0.29, 0.717) is 19.5 Å². The van der Waals surface area contributed by atoms with Crippen LogP contribution in [0.1, 0.15) is 6.42 Å². The Morgan fingerprint density at radius 1 is 1.59 bits per heavy atom. The lowest BCUT2D eigenvalue weighted by Gasteiger charge is -2.35. The lowest BCUT2D eigenvalue weighted by Crippen LogP contribution is -2.51. The van der Waals surface area contributed by atoms with Crippen LogP contribution in [0.15, 0.2) is 6.33 Å². The molecule has 2 unspecified atom stereocenters. The van der Waals surface area contributed by atoms with Crippen LogP contribution in [0.5, 0.6) is 0 Å². The van der Waals surface area contributed by atoms with Crippen molar-refractivity contribution in [1.29, 1.82) is 0 Å². The fourth-order valence-corrected chi connectivity index (χ4v) is 2.05. The van der Waals surface area contributed by atoms with Gasteiger partial charge in [0.05, 0.1) is 12.1 Å². The zero-order valence-corrected chi connectivity index (χ0v) is 9.73. The Kier molecular flexibility index (Phi) is 3.60. The normalized spacial score (nSPS) is 25.0. The molecule has 0 amide bonds. The molecule has 2 rings (SSSR count). The fourth-order valence-electron chi connectivity index (χ4n) is 1.83. The van der Waals surface area contributed by atoms with Gasteiger partial charge in [-0.1, -0.05) is 0 Å². The molecule has 8 heteroatoms. The van der Waals surface area contributed by atoms with Crippen molar-refractivity contribution in [2.45, 2.75) is 18.6 Å². The van der Waals surface area contributed by atoms with Crippen molar-refractivity contribution in [2.75, 3.05) is 23.7 Å². The molecule has 0 bridgehead atoms. The van der Waals surface area contributed by atoms with Crippen LogP contribution in [0, 0.1) is 5.82 Å². The maximum Gasteiger partial charge on any atom is 0.207 e. The molecular weight excluding hydrogens is 249 g/mol. The van der Waals surface area contributed by atoms with Crippen LogP contribution in [0.25, 0.3) is 0 Å². The molecule has 0 spiro atoms. The summed E-state index contributed by atoms with van der Waals surface area (Å²) in [6.07, 6.45) is 1.14. The maximum atomic E-state index is 13.7. The van der Waals surface area contributed by atoms with Crippen molar-refractivity contribution in [3.63, 3.8) is 0 Å². The van der Waals surface area contributed by atoms with Crippen LogP contribution in [-0.4, -0.2) is 40.3 Å². The van der Waals surface area contributed by atoms with Gasteiger partial charge in [-0.3, -0.25) is 0 Å². The smallest absolute Gasteiger partial charge is 0.207 e. The number of nitrogens with two attached hydrogens (primary N) is 1. The van der Waals surface area contributed by atoms with E-state index in [1.54, 1.807) is 4.90 Å². The Balaban J connectivity index is 2.20. The van der Waals surface area contributed by atoms with E-state index in [-0.39, 0.29) is 17.7 Å². The number of rotatable bonds is 2. The Morgan fingerprint density at radius 2 is 2.35 bits per heavy atom. The molecule has 0 aromatic carbocycles. The first-order valence-corrected chi connectivity index (χ1v) is 5.56. The Morgan fingerprint density at radius 3 is 3.06 bits per heavy atom. The van der Waals surface area contributed by atoms with E-state index < -0.39 is 11.9 Å². The van der Waals surface area contributed by atoms with Gasteiger partial charge in [0.2, 0.25) is 5.82 Å². The van der Waals surface area contributed by atoms with Crippen LogP contribution < -0.4 is 15.5 Å². The monoisotopic (exact) mass is 261 g/mol. The van der Waals surface area contributed by atoms with Gasteiger partial charge in [-0.15, -0.1) is 0 Å².